The van der Waals surface area contributed by atoms with Gasteiger partial charge in [-0.15, -0.1) is 0 Å². The van der Waals surface area contributed by atoms with Crippen LogP contribution in [0, 0.1) is 6.92 Å². The lowest BCUT2D eigenvalue weighted by Crippen LogP contribution is -2.03. The van der Waals surface area contributed by atoms with E-state index in [4.69, 9.17) is 4.43 Å². The monoisotopic (exact) mass is 228 g/mol. The number of hydrogen-bond acceptors (Lipinski definition) is 1. The fourth-order valence-electron chi connectivity index (χ4n) is 1.83. The van der Waals surface area contributed by atoms with E-state index in [0.717, 1.165) is 10.5 Å². The van der Waals surface area contributed by atoms with E-state index in [1.807, 2.05) is 6.07 Å². The summed E-state index contributed by atoms with van der Waals surface area (Å²) >= 11 is 0. The first-order chi connectivity index (χ1) is 7.81. The second-order valence-electron chi connectivity index (χ2n) is 3.94. The normalized spacial score (nSPS) is 12.6. The Hall–Kier alpha value is -1.38. The summed E-state index contributed by atoms with van der Waals surface area (Å²) in [6.07, 6.45) is 0.0912. The summed E-state index contributed by atoms with van der Waals surface area (Å²) in [5.41, 5.74) is 3.73. The van der Waals surface area contributed by atoms with E-state index in [1.165, 1.54) is 16.7 Å². The highest BCUT2D eigenvalue weighted by atomic mass is 28.2. The van der Waals surface area contributed by atoms with Gasteiger partial charge in [-0.1, -0.05) is 60.2 Å². The van der Waals surface area contributed by atoms with Crippen molar-refractivity contribution in [1.29, 1.82) is 0 Å². The van der Waals surface area contributed by atoms with Crippen LogP contribution in [0.2, 0.25) is 0 Å². The maximum Gasteiger partial charge on any atom is 0.147 e. The molecule has 2 rings (SSSR count). The van der Waals surface area contributed by atoms with Gasteiger partial charge in [-0.05, 0) is 18.1 Å². The Kier molecular flexibility index (Phi) is 3.54. The van der Waals surface area contributed by atoms with Crippen LogP contribution >= 0.6 is 0 Å². The van der Waals surface area contributed by atoms with Crippen LogP contribution in [0.5, 0.6) is 0 Å². The van der Waals surface area contributed by atoms with Crippen LogP contribution in [0.1, 0.15) is 22.8 Å². The maximum absolute atomic E-state index is 5.70. The molecule has 0 aliphatic heterocycles. The van der Waals surface area contributed by atoms with Gasteiger partial charge in [0.15, 0.2) is 0 Å². The summed E-state index contributed by atoms with van der Waals surface area (Å²) in [5.74, 6) is 0. The lowest BCUT2D eigenvalue weighted by Gasteiger charge is -2.17. The molecule has 0 aliphatic rings. The molecule has 0 bridgehead atoms. The highest BCUT2D eigenvalue weighted by molar-refractivity contribution is 5.98. The Labute approximate surface area is 99.6 Å². The van der Waals surface area contributed by atoms with Crippen molar-refractivity contribution >= 4 is 10.5 Å². The Balaban J connectivity index is 2.33. The summed E-state index contributed by atoms with van der Waals surface area (Å²) in [4.78, 5) is 0. The molecule has 0 radical (unpaired) electrons. The Morgan fingerprint density at radius 2 is 1.44 bits per heavy atom. The van der Waals surface area contributed by atoms with E-state index in [-0.39, 0.29) is 6.10 Å². The van der Waals surface area contributed by atoms with Crippen molar-refractivity contribution in [3.05, 3.63) is 71.3 Å². The van der Waals surface area contributed by atoms with E-state index in [0.29, 0.717) is 0 Å². The lowest BCUT2D eigenvalue weighted by molar-refractivity contribution is 0.273. The lowest BCUT2D eigenvalue weighted by atomic mass is 10.0. The van der Waals surface area contributed by atoms with Crippen molar-refractivity contribution in [2.24, 2.45) is 0 Å². The van der Waals surface area contributed by atoms with Crippen molar-refractivity contribution in [2.45, 2.75) is 13.0 Å². The van der Waals surface area contributed by atoms with Crippen molar-refractivity contribution in [3.63, 3.8) is 0 Å². The number of benzene rings is 2. The molecule has 16 heavy (non-hydrogen) atoms. The van der Waals surface area contributed by atoms with Crippen molar-refractivity contribution in [3.8, 4) is 0 Å². The summed E-state index contributed by atoms with van der Waals surface area (Å²) < 4.78 is 5.70. The van der Waals surface area contributed by atoms with E-state index in [2.05, 4.69) is 55.5 Å². The molecular formula is C14H16OSi. The molecule has 0 heterocycles. The molecule has 0 fully saturated rings. The van der Waals surface area contributed by atoms with E-state index in [9.17, 15) is 0 Å². The molecule has 1 atom stereocenters. The van der Waals surface area contributed by atoms with Crippen molar-refractivity contribution < 1.29 is 4.43 Å². The minimum atomic E-state index is 0.0912. The fraction of sp³-hybridized carbons (Fsp3) is 0.143. The average Bonchev–Trinajstić information content (AvgIpc) is 2.34. The molecule has 2 aromatic rings. The van der Waals surface area contributed by atoms with Crippen LogP contribution in [0.3, 0.4) is 0 Å². The highest BCUT2D eigenvalue weighted by Crippen LogP contribution is 2.24. The number of hydrogen-bond donors (Lipinski definition) is 0. The Bertz CT molecular complexity index is 436. The predicted octanol–water partition coefficient (Wildman–Crippen LogP) is 2.38. The fourth-order valence-corrected chi connectivity index (χ4v) is 2.38. The van der Waals surface area contributed by atoms with Gasteiger partial charge in [0.2, 0.25) is 0 Å². The maximum atomic E-state index is 5.70. The first kappa shape index (κ1) is 11.1. The molecule has 2 aromatic carbocycles. The minimum Gasteiger partial charge on any atom is -0.417 e. The largest absolute Gasteiger partial charge is 0.417 e. The molecule has 0 aliphatic carbocycles. The van der Waals surface area contributed by atoms with Gasteiger partial charge in [-0.2, -0.15) is 0 Å². The molecule has 0 amide bonds. The average molecular weight is 228 g/mol. The zero-order valence-corrected chi connectivity index (χ0v) is 11.7. The molecule has 2 heteroatoms. The second-order valence-corrected chi connectivity index (χ2v) is 4.41. The number of rotatable bonds is 3. The van der Waals surface area contributed by atoms with Gasteiger partial charge in [0.1, 0.15) is 10.5 Å². The third-order valence-corrected chi connectivity index (χ3v) is 3.19. The quantitative estimate of drug-likeness (QED) is 0.733. The summed E-state index contributed by atoms with van der Waals surface area (Å²) in [7, 11) is 0.740. The molecule has 0 saturated heterocycles. The van der Waals surface area contributed by atoms with Gasteiger partial charge >= 0.3 is 0 Å². The second kappa shape index (κ2) is 5.10. The van der Waals surface area contributed by atoms with Crippen molar-refractivity contribution in [1.82, 2.24) is 0 Å². The van der Waals surface area contributed by atoms with Crippen LogP contribution in [0.25, 0.3) is 0 Å². The first-order valence-electron chi connectivity index (χ1n) is 5.45. The van der Waals surface area contributed by atoms with Gasteiger partial charge in [-0.3, -0.25) is 0 Å². The molecule has 1 unspecified atom stereocenters. The summed E-state index contributed by atoms with van der Waals surface area (Å²) in [5, 5.41) is 0. The third-order valence-electron chi connectivity index (χ3n) is 2.72. The third kappa shape index (κ3) is 2.40. The van der Waals surface area contributed by atoms with Gasteiger partial charge in [0, 0.05) is 0 Å². The molecule has 0 saturated carbocycles. The highest BCUT2D eigenvalue weighted by Gasteiger charge is 2.11. The van der Waals surface area contributed by atoms with Crippen LogP contribution in [0.15, 0.2) is 54.6 Å². The predicted molar refractivity (Wildman–Crippen MR) is 70.5 cm³/mol. The first-order valence-corrected chi connectivity index (χ1v) is 6.27. The van der Waals surface area contributed by atoms with Gasteiger partial charge < -0.3 is 4.43 Å². The van der Waals surface area contributed by atoms with E-state index < -0.39 is 0 Å². The minimum absolute atomic E-state index is 0.0912. The van der Waals surface area contributed by atoms with Crippen molar-refractivity contribution in [2.75, 3.05) is 0 Å². The molecular weight excluding hydrogens is 212 g/mol. The van der Waals surface area contributed by atoms with Gasteiger partial charge in [-0.25, -0.2) is 0 Å². The number of aryl methyl sites for hydroxylation is 1. The van der Waals surface area contributed by atoms with Crippen LogP contribution in [-0.4, -0.2) is 10.5 Å². The van der Waals surface area contributed by atoms with Crippen LogP contribution in [-0.2, 0) is 4.43 Å². The van der Waals surface area contributed by atoms with E-state index >= 15 is 0 Å². The topological polar surface area (TPSA) is 9.23 Å². The zero-order chi connectivity index (χ0) is 11.4. The molecule has 0 spiro atoms. The van der Waals surface area contributed by atoms with E-state index in [1.54, 1.807) is 0 Å². The summed E-state index contributed by atoms with van der Waals surface area (Å²) in [6, 6.07) is 18.9. The Morgan fingerprint density at radius 3 is 2.00 bits per heavy atom. The van der Waals surface area contributed by atoms with Crippen LogP contribution in [0.4, 0.5) is 0 Å². The zero-order valence-electron chi connectivity index (χ0n) is 9.68. The SMILES string of the molecule is Cc1ccc(C(O[SiH3])c2ccccc2)cc1. The van der Waals surface area contributed by atoms with Gasteiger partial charge in [0.25, 0.3) is 0 Å². The smallest absolute Gasteiger partial charge is 0.147 e. The summed E-state index contributed by atoms with van der Waals surface area (Å²) in [6.45, 7) is 2.10. The van der Waals surface area contributed by atoms with Crippen LogP contribution < -0.4 is 0 Å². The molecule has 1 nitrogen and oxygen atoms in total. The Morgan fingerprint density at radius 1 is 0.875 bits per heavy atom. The molecule has 0 aromatic heterocycles. The molecule has 0 N–H and O–H groups in total. The van der Waals surface area contributed by atoms with Gasteiger partial charge in [0.05, 0.1) is 6.10 Å². The molecule has 82 valence electrons. The standard InChI is InChI=1S/C14H16OSi/c1-11-7-9-13(10-8-11)14(15-16)12-5-3-2-4-6-12/h2-10,14H,1,16H3.